The van der Waals surface area contributed by atoms with Crippen molar-refractivity contribution in [3.05, 3.63) is 47.6 Å². The van der Waals surface area contributed by atoms with Crippen LogP contribution in [0.5, 0.6) is 0 Å². The summed E-state index contributed by atoms with van der Waals surface area (Å²) in [7, 11) is 1.87. The number of nitrogens with zero attached hydrogens (tertiary/aromatic N) is 3. The molecule has 140 valence electrons. The zero-order valence-corrected chi connectivity index (χ0v) is 16.5. The molecule has 2 aromatic heterocycles. The fourth-order valence-electron chi connectivity index (χ4n) is 2.28. The van der Waals surface area contributed by atoms with Crippen molar-refractivity contribution in [1.82, 2.24) is 14.5 Å². The third-order valence-corrected chi connectivity index (χ3v) is 5.50. The summed E-state index contributed by atoms with van der Waals surface area (Å²) in [4.78, 5) is 33.5. The first-order valence-electron chi connectivity index (χ1n) is 8.21. The van der Waals surface area contributed by atoms with Gasteiger partial charge in [-0.25, -0.2) is 14.8 Å². The van der Waals surface area contributed by atoms with Crippen molar-refractivity contribution >= 4 is 40.1 Å². The molecule has 3 aromatic rings. The van der Waals surface area contributed by atoms with Gasteiger partial charge in [-0.2, -0.15) is 0 Å². The van der Waals surface area contributed by atoms with Crippen LogP contribution in [0.25, 0.3) is 11.3 Å². The summed E-state index contributed by atoms with van der Waals surface area (Å²) in [6.45, 7) is 2.02. The molecule has 9 heteroatoms. The molecular formula is C18H18N4O3S2. The molecule has 1 amide bonds. The summed E-state index contributed by atoms with van der Waals surface area (Å²) in [6, 6.07) is 9.34. The van der Waals surface area contributed by atoms with Gasteiger partial charge in [0.25, 0.3) is 0 Å². The Hall–Kier alpha value is -2.65. The van der Waals surface area contributed by atoms with Gasteiger partial charge >= 0.3 is 5.97 Å². The van der Waals surface area contributed by atoms with Crippen molar-refractivity contribution in [2.24, 2.45) is 7.05 Å². The Morgan fingerprint density at radius 3 is 2.74 bits per heavy atom. The van der Waals surface area contributed by atoms with Crippen LogP contribution in [-0.2, 0) is 16.6 Å². The van der Waals surface area contributed by atoms with Gasteiger partial charge in [0.1, 0.15) is 4.88 Å². The van der Waals surface area contributed by atoms with E-state index in [2.05, 4.69) is 15.3 Å². The highest BCUT2D eigenvalue weighted by molar-refractivity contribution is 7.99. The summed E-state index contributed by atoms with van der Waals surface area (Å²) in [5.41, 5.74) is 1.30. The van der Waals surface area contributed by atoms with Crippen molar-refractivity contribution < 1.29 is 14.3 Å². The largest absolute Gasteiger partial charge is 0.462 e. The van der Waals surface area contributed by atoms with Gasteiger partial charge in [-0.05, 0) is 6.92 Å². The van der Waals surface area contributed by atoms with Crippen LogP contribution in [0.2, 0.25) is 0 Å². The van der Waals surface area contributed by atoms with E-state index < -0.39 is 5.97 Å². The van der Waals surface area contributed by atoms with Crippen LogP contribution in [-0.4, -0.2) is 38.8 Å². The lowest BCUT2D eigenvalue weighted by molar-refractivity contribution is -0.113. The number of nitrogens with one attached hydrogen (secondary N) is 1. The van der Waals surface area contributed by atoms with E-state index in [4.69, 9.17) is 4.74 Å². The minimum atomic E-state index is -0.447. The van der Waals surface area contributed by atoms with E-state index in [0.717, 1.165) is 22.1 Å². The van der Waals surface area contributed by atoms with Gasteiger partial charge in [0.2, 0.25) is 5.91 Å². The number of anilines is 1. The number of esters is 1. The lowest BCUT2D eigenvalue weighted by Crippen LogP contribution is -2.14. The number of rotatable bonds is 7. The summed E-state index contributed by atoms with van der Waals surface area (Å²) < 4.78 is 6.96. The summed E-state index contributed by atoms with van der Waals surface area (Å²) in [5, 5.41) is 3.87. The van der Waals surface area contributed by atoms with E-state index in [1.165, 1.54) is 11.8 Å². The highest BCUT2D eigenvalue weighted by Gasteiger charge is 2.21. The fraction of sp³-hybridized carbons (Fsp3) is 0.222. The Balaban J connectivity index is 1.76. The third kappa shape index (κ3) is 4.75. The zero-order valence-electron chi connectivity index (χ0n) is 14.8. The van der Waals surface area contributed by atoms with Crippen molar-refractivity contribution in [2.45, 2.75) is 12.1 Å². The zero-order chi connectivity index (χ0) is 19.2. The second-order valence-electron chi connectivity index (χ2n) is 5.44. The van der Waals surface area contributed by atoms with Gasteiger partial charge in [-0.15, -0.1) is 0 Å². The predicted octanol–water partition coefficient (Wildman–Crippen LogP) is 3.45. The number of benzene rings is 1. The van der Waals surface area contributed by atoms with Crippen molar-refractivity contribution in [2.75, 3.05) is 17.7 Å². The highest BCUT2D eigenvalue weighted by Crippen LogP contribution is 2.32. The molecule has 0 radical (unpaired) electrons. The second kappa shape index (κ2) is 8.83. The van der Waals surface area contributed by atoms with Gasteiger partial charge in [0.05, 0.1) is 18.1 Å². The number of carbonyl (C=O) groups excluding carboxylic acids is 2. The monoisotopic (exact) mass is 402 g/mol. The molecule has 3 rings (SSSR count). The molecule has 0 bridgehead atoms. The van der Waals surface area contributed by atoms with Crippen LogP contribution in [0.3, 0.4) is 0 Å². The van der Waals surface area contributed by atoms with E-state index in [9.17, 15) is 9.59 Å². The lowest BCUT2D eigenvalue weighted by Gasteiger charge is -2.02. The van der Waals surface area contributed by atoms with E-state index in [0.29, 0.717) is 15.7 Å². The number of ether oxygens (including phenoxy) is 1. The second-order valence-corrected chi connectivity index (χ2v) is 7.38. The van der Waals surface area contributed by atoms with Crippen LogP contribution in [0.4, 0.5) is 5.13 Å². The Kier molecular flexibility index (Phi) is 6.25. The minimum Gasteiger partial charge on any atom is -0.462 e. The number of carbonyl (C=O) groups is 2. The van der Waals surface area contributed by atoms with E-state index >= 15 is 0 Å². The molecule has 0 saturated carbocycles. The molecule has 0 aliphatic carbocycles. The molecule has 0 spiro atoms. The van der Waals surface area contributed by atoms with Crippen LogP contribution >= 0.6 is 23.1 Å². The van der Waals surface area contributed by atoms with Crippen LogP contribution in [0, 0.1) is 0 Å². The van der Waals surface area contributed by atoms with Gasteiger partial charge in [-0.3, -0.25) is 4.79 Å². The fourth-order valence-corrected chi connectivity index (χ4v) is 3.91. The molecule has 0 fully saturated rings. The molecule has 1 N–H and O–H groups in total. The Labute approximate surface area is 164 Å². The van der Waals surface area contributed by atoms with Crippen LogP contribution in [0.15, 0.2) is 47.9 Å². The standard InChI is InChI=1S/C18H18N4O3S2/c1-3-25-16(24)15-14(12-7-5-4-6-8-12)21-17(27-15)20-13(23)11-26-18-19-9-10-22(18)2/h4-10H,3,11H2,1-2H3,(H,20,21,23). The topological polar surface area (TPSA) is 86.1 Å². The molecule has 2 heterocycles. The number of amides is 1. The quantitative estimate of drug-likeness (QED) is 0.481. The third-order valence-electron chi connectivity index (χ3n) is 3.49. The van der Waals surface area contributed by atoms with Crippen molar-refractivity contribution in [3.8, 4) is 11.3 Å². The first-order chi connectivity index (χ1) is 13.1. The maximum Gasteiger partial charge on any atom is 0.350 e. The van der Waals surface area contributed by atoms with Crippen molar-refractivity contribution in [3.63, 3.8) is 0 Å². The highest BCUT2D eigenvalue weighted by atomic mass is 32.2. The SMILES string of the molecule is CCOC(=O)c1sc(NC(=O)CSc2nccn2C)nc1-c1ccccc1. The molecule has 0 aliphatic heterocycles. The Morgan fingerprint density at radius 2 is 2.07 bits per heavy atom. The average molecular weight is 403 g/mol. The number of hydrogen-bond donors (Lipinski definition) is 1. The molecule has 0 aliphatic rings. The molecule has 7 nitrogen and oxygen atoms in total. The van der Waals surface area contributed by atoms with Gasteiger partial charge < -0.3 is 14.6 Å². The van der Waals surface area contributed by atoms with Gasteiger partial charge in [0.15, 0.2) is 10.3 Å². The number of hydrogen-bond acceptors (Lipinski definition) is 7. The molecule has 0 saturated heterocycles. The normalized spacial score (nSPS) is 10.6. The lowest BCUT2D eigenvalue weighted by atomic mass is 10.1. The van der Waals surface area contributed by atoms with Gasteiger partial charge in [-0.1, -0.05) is 53.4 Å². The minimum absolute atomic E-state index is 0.194. The first-order valence-corrected chi connectivity index (χ1v) is 10.0. The van der Waals surface area contributed by atoms with Crippen LogP contribution in [0.1, 0.15) is 16.6 Å². The van der Waals surface area contributed by atoms with Crippen LogP contribution < -0.4 is 5.32 Å². The summed E-state index contributed by atoms with van der Waals surface area (Å²) in [6.07, 6.45) is 3.50. The summed E-state index contributed by atoms with van der Waals surface area (Å²) >= 11 is 2.44. The molecule has 0 unspecified atom stereocenters. The first kappa shape index (κ1) is 19.1. The number of aromatic nitrogens is 3. The summed E-state index contributed by atoms with van der Waals surface area (Å²) in [5.74, 6) is -0.469. The number of thioether (sulfide) groups is 1. The molecular weight excluding hydrogens is 384 g/mol. The van der Waals surface area contributed by atoms with Crippen molar-refractivity contribution in [1.29, 1.82) is 0 Å². The van der Waals surface area contributed by atoms with Gasteiger partial charge in [0, 0.05) is 25.0 Å². The molecule has 1 aromatic carbocycles. The smallest absolute Gasteiger partial charge is 0.350 e. The molecule has 0 atom stereocenters. The number of thiazole rings is 1. The maximum absolute atomic E-state index is 12.3. The Bertz CT molecular complexity index is 937. The van der Waals surface area contributed by atoms with E-state index in [-0.39, 0.29) is 18.3 Å². The maximum atomic E-state index is 12.3. The number of aryl methyl sites for hydroxylation is 1. The van der Waals surface area contributed by atoms with E-state index in [1.54, 1.807) is 13.1 Å². The number of imidazole rings is 1. The Morgan fingerprint density at radius 1 is 1.30 bits per heavy atom. The average Bonchev–Trinajstić information content (AvgIpc) is 3.27. The molecule has 27 heavy (non-hydrogen) atoms. The predicted molar refractivity (Wildman–Crippen MR) is 106 cm³/mol. The van der Waals surface area contributed by atoms with E-state index in [1.807, 2.05) is 48.1 Å².